The molecule has 1 atom stereocenters. The van der Waals surface area contributed by atoms with Gasteiger partial charge in [-0.1, -0.05) is 5.16 Å². The fourth-order valence-corrected chi connectivity index (χ4v) is 5.03. The number of rotatable bonds is 6. The molecular weight excluding hydrogens is 411 g/mol. The minimum atomic E-state index is -4.82. The summed E-state index contributed by atoms with van der Waals surface area (Å²) in [6, 6.07) is 4.25. The van der Waals surface area contributed by atoms with E-state index >= 15 is 0 Å². The van der Waals surface area contributed by atoms with E-state index in [4.69, 9.17) is 4.52 Å². The van der Waals surface area contributed by atoms with Crippen molar-refractivity contribution in [1.82, 2.24) is 14.4 Å². The topological polar surface area (TPSA) is 85.5 Å². The van der Waals surface area contributed by atoms with Crippen molar-refractivity contribution in [2.45, 2.75) is 49.3 Å². The molecule has 0 radical (unpaired) electrons. The Labute approximate surface area is 165 Å². The number of ether oxygens (including phenoxy) is 1. The largest absolute Gasteiger partial charge is 0.573 e. The van der Waals surface area contributed by atoms with Crippen molar-refractivity contribution in [2.24, 2.45) is 5.92 Å². The van der Waals surface area contributed by atoms with Crippen LogP contribution in [0, 0.1) is 5.92 Å². The lowest BCUT2D eigenvalue weighted by molar-refractivity contribution is -0.274. The maximum atomic E-state index is 12.9. The Morgan fingerprint density at radius 1 is 1.17 bits per heavy atom. The number of hydrogen-bond acceptors (Lipinski definition) is 6. The van der Waals surface area contributed by atoms with Crippen molar-refractivity contribution >= 4 is 10.0 Å². The average Bonchev–Trinajstić information content (AvgIpc) is 3.41. The second-order valence-corrected chi connectivity index (χ2v) is 9.35. The van der Waals surface area contributed by atoms with Crippen molar-refractivity contribution in [3.8, 4) is 5.75 Å². The first kappa shape index (κ1) is 20.1. The molecule has 1 aromatic carbocycles. The summed E-state index contributed by atoms with van der Waals surface area (Å²) in [4.78, 5) is 4.33. The van der Waals surface area contributed by atoms with Crippen LogP contribution in [-0.4, -0.2) is 42.3 Å². The highest BCUT2D eigenvalue weighted by Gasteiger charge is 2.34. The summed E-state index contributed by atoms with van der Waals surface area (Å²) < 4.78 is 73.0. The van der Waals surface area contributed by atoms with E-state index in [1.165, 1.54) is 4.31 Å². The van der Waals surface area contributed by atoms with Gasteiger partial charge in [0.15, 0.2) is 5.82 Å². The third-order valence-corrected chi connectivity index (χ3v) is 6.95. The first-order valence-corrected chi connectivity index (χ1v) is 10.8. The molecule has 0 amide bonds. The molecule has 2 fully saturated rings. The molecule has 11 heteroatoms. The molecule has 1 saturated carbocycles. The summed E-state index contributed by atoms with van der Waals surface area (Å²) >= 11 is 0. The average molecular weight is 431 g/mol. The predicted molar refractivity (Wildman–Crippen MR) is 94.6 cm³/mol. The Balaban J connectivity index is 1.42. The molecule has 0 bridgehead atoms. The Kier molecular flexibility index (Phi) is 5.28. The molecule has 7 nitrogen and oxygen atoms in total. The Morgan fingerprint density at radius 3 is 2.55 bits per heavy atom. The van der Waals surface area contributed by atoms with Crippen LogP contribution >= 0.6 is 0 Å². The van der Waals surface area contributed by atoms with E-state index in [0.29, 0.717) is 37.7 Å². The normalized spacial score (nSPS) is 21.3. The number of nitrogens with zero attached hydrogens (tertiary/aromatic N) is 3. The minimum Gasteiger partial charge on any atom is -0.406 e. The first-order valence-electron chi connectivity index (χ1n) is 9.39. The lowest BCUT2D eigenvalue weighted by Crippen LogP contribution is -2.40. The van der Waals surface area contributed by atoms with Gasteiger partial charge in [0.2, 0.25) is 15.9 Å². The number of aromatic nitrogens is 2. The SMILES string of the molecule is O=S(=O)(c1ccc(OC(F)(F)F)cc1)N1CCC[C@H](Cc2nc(C3CC3)no2)C1. The van der Waals surface area contributed by atoms with Gasteiger partial charge in [-0.25, -0.2) is 8.42 Å². The molecule has 4 rings (SSSR count). The minimum absolute atomic E-state index is 0.0406. The van der Waals surface area contributed by atoms with E-state index in [0.717, 1.165) is 49.4 Å². The van der Waals surface area contributed by atoms with Crippen LogP contribution in [0.2, 0.25) is 0 Å². The van der Waals surface area contributed by atoms with E-state index in [2.05, 4.69) is 14.9 Å². The molecule has 1 saturated heterocycles. The van der Waals surface area contributed by atoms with Crippen LogP contribution in [0.3, 0.4) is 0 Å². The third kappa shape index (κ3) is 4.89. The molecule has 0 N–H and O–H groups in total. The number of sulfonamides is 1. The summed E-state index contributed by atoms with van der Waals surface area (Å²) in [7, 11) is -3.82. The van der Waals surface area contributed by atoms with Gasteiger partial charge in [-0.2, -0.15) is 9.29 Å². The summed E-state index contributed by atoms with van der Waals surface area (Å²) in [5, 5.41) is 3.98. The highest BCUT2D eigenvalue weighted by molar-refractivity contribution is 7.89. The molecule has 1 aliphatic heterocycles. The molecule has 29 heavy (non-hydrogen) atoms. The van der Waals surface area contributed by atoms with Crippen molar-refractivity contribution in [3.63, 3.8) is 0 Å². The predicted octanol–water partition coefficient (Wildman–Crippen LogP) is 3.49. The fourth-order valence-electron chi connectivity index (χ4n) is 3.48. The van der Waals surface area contributed by atoms with Crippen molar-refractivity contribution in [2.75, 3.05) is 13.1 Å². The van der Waals surface area contributed by atoms with Crippen LogP contribution < -0.4 is 4.74 Å². The molecule has 158 valence electrons. The number of halogens is 3. The lowest BCUT2D eigenvalue weighted by Gasteiger charge is -2.31. The van der Waals surface area contributed by atoms with E-state index in [-0.39, 0.29) is 10.8 Å². The van der Waals surface area contributed by atoms with Gasteiger partial charge in [0.1, 0.15) is 5.75 Å². The van der Waals surface area contributed by atoms with E-state index < -0.39 is 22.1 Å². The zero-order valence-electron chi connectivity index (χ0n) is 15.4. The summed E-state index contributed by atoms with van der Waals surface area (Å²) in [6.45, 7) is 0.654. The van der Waals surface area contributed by atoms with Gasteiger partial charge in [-0.3, -0.25) is 0 Å². The van der Waals surface area contributed by atoms with Gasteiger partial charge >= 0.3 is 6.36 Å². The van der Waals surface area contributed by atoms with Gasteiger partial charge in [-0.15, -0.1) is 13.2 Å². The molecule has 2 aliphatic rings. The standard InChI is InChI=1S/C18H20F3N3O4S/c19-18(20,21)27-14-5-7-15(8-6-14)29(25,26)24-9-1-2-12(11-24)10-16-22-17(23-28-16)13-3-4-13/h5-8,12-13H,1-4,9-11H2/t12-/m1/s1. The molecule has 0 spiro atoms. The smallest absolute Gasteiger partial charge is 0.406 e. The molecule has 2 heterocycles. The second-order valence-electron chi connectivity index (χ2n) is 7.42. The quantitative estimate of drug-likeness (QED) is 0.696. The van der Waals surface area contributed by atoms with E-state index in [9.17, 15) is 21.6 Å². The van der Waals surface area contributed by atoms with Gasteiger partial charge in [-0.05, 0) is 55.9 Å². The number of hydrogen-bond donors (Lipinski definition) is 0. The fraction of sp³-hybridized carbons (Fsp3) is 0.556. The zero-order chi connectivity index (χ0) is 20.6. The Hall–Kier alpha value is -2.14. The number of piperidine rings is 1. The van der Waals surface area contributed by atoms with Gasteiger partial charge in [0.05, 0.1) is 4.90 Å². The zero-order valence-corrected chi connectivity index (χ0v) is 16.2. The second kappa shape index (κ2) is 7.60. The lowest BCUT2D eigenvalue weighted by atomic mass is 9.96. The summed E-state index contributed by atoms with van der Waals surface area (Å²) in [6.07, 6.45) is -0.657. The van der Waals surface area contributed by atoms with Crippen LogP contribution in [0.5, 0.6) is 5.75 Å². The maximum absolute atomic E-state index is 12.9. The maximum Gasteiger partial charge on any atom is 0.573 e. The summed E-state index contributed by atoms with van der Waals surface area (Å²) in [5.41, 5.74) is 0. The molecule has 1 aliphatic carbocycles. The van der Waals surface area contributed by atoms with Gasteiger partial charge in [0.25, 0.3) is 0 Å². The monoisotopic (exact) mass is 431 g/mol. The van der Waals surface area contributed by atoms with E-state index in [1.54, 1.807) is 0 Å². The highest BCUT2D eigenvalue weighted by atomic mass is 32.2. The van der Waals surface area contributed by atoms with Crippen molar-refractivity contribution in [3.05, 3.63) is 36.0 Å². The number of benzene rings is 1. The van der Waals surface area contributed by atoms with Crippen molar-refractivity contribution in [1.29, 1.82) is 0 Å². The van der Waals surface area contributed by atoms with E-state index in [1.807, 2.05) is 0 Å². The summed E-state index contributed by atoms with van der Waals surface area (Å²) in [5.74, 6) is 1.21. The Bertz CT molecular complexity index is 955. The van der Waals surface area contributed by atoms with Gasteiger partial charge < -0.3 is 9.26 Å². The molecular formula is C18H20F3N3O4S. The Morgan fingerprint density at radius 2 is 1.90 bits per heavy atom. The molecule has 2 aromatic rings. The van der Waals surface area contributed by atoms with Crippen LogP contribution in [0.4, 0.5) is 13.2 Å². The van der Waals surface area contributed by atoms with Crippen LogP contribution in [0.25, 0.3) is 0 Å². The van der Waals surface area contributed by atoms with Gasteiger partial charge in [0, 0.05) is 25.4 Å². The first-order chi connectivity index (χ1) is 13.7. The van der Waals surface area contributed by atoms with Crippen LogP contribution in [-0.2, 0) is 16.4 Å². The molecule has 1 aromatic heterocycles. The highest BCUT2D eigenvalue weighted by Crippen LogP contribution is 2.38. The number of alkyl halides is 3. The van der Waals surface area contributed by atoms with Crippen LogP contribution in [0.15, 0.2) is 33.7 Å². The van der Waals surface area contributed by atoms with Crippen molar-refractivity contribution < 1.29 is 30.8 Å². The van der Waals surface area contributed by atoms with Crippen LogP contribution in [0.1, 0.15) is 43.3 Å². The third-order valence-electron chi connectivity index (χ3n) is 5.07. The molecule has 0 unspecified atom stereocenters.